The molecule has 0 spiro atoms. The van der Waals surface area contributed by atoms with Gasteiger partial charge in [0.2, 0.25) is 0 Å². The Hall–Kier alpha value is -1.39. The summed E-state index contributed by atoms with van der Waals surface area (Å²) in [6.07, 6.45) is 3.44. The van der Waals surface area contributed by atoms with E-state index in [9.17, 15) is 9.90 Å². The lowest BCUT2D eigenvalue weighted by molar-refractivity contribution is 0.0969. The molecule has 4 nitrogen and oxygen atoms in total. The number of nitrogens with two attached hydrogens (primary N) is 1. The zero-order chi connectivity index (χ0) is 14.0. The van der Waals surface area contributed by atoms with E-state index in [-0.39, 0.29) is 11.5 Å². The molecule has 0 aliphatic heterocycles. The zero-order valence-corrected chi connectivity index (χ0v) is 11.7. The molecule has 0 radical (unpaired) electrons. The Bertz CT molecular complexity index is 495. The molecule has 0 atom stereocenters. The normalized spacial score (nSPS) is 13.9. The van der Waals surface area contributed by atoms with Crippen molar-refractivity contribution >= 4 is 5.78 Å². The molecule has 0 unspecified atom stereocenters. The van der Waals surface area contributed by atoms with Crippen molar-refractivity contribution in [2.24, 2.45) is 5.73 Å². The molecule has 0 fully saturated rings. The molecule has 0 saturated carbocycles. The van der Waals surface area contributed by atoms with Gasteiger partial charge in [-0.15, -0.1) is 0 Å². The Balaban J connectivity index is 2.33. The molecule has 0 amide bonds. The summed E-state index contributed by atoms with van der Waals surface area (Å²) >= 11 is 0. The monoisotopic (exact) mass is 262 g/mol. The van der Waals surface area contributed by atoms with E-state index < -0.39 is 0 Å². The second kappa shape index (κ2) is 5.72. The molecule has 1 aromatic carbocycles. The van der Waals surface area contributed by atoms with Crippen molar-refractivity contribution in [1.82, 2.24) is 4.90 Å². The number of ketones is 1. The molecule has 19 heavy (non-hydrogen) atoms. The third-order valence-corrected chi connectivity index (χ3v) is 3.77. The third kappa shape index (κ3) is 2.80. The number of phenols is 1. The maximum atomic E-state index is 12.2. The van der Waals surface area contributed by atoms with Gasteiger partial charge >= 0.3 is 0 Å². The van der Waals surface area contributed by atoms with E-state index in [2.05, 4.69) is 0 Å². The van der Waals surface area contributed by atoms with Crippen LogP contribution >= 0.6 is 0 Å². The minimum absolute atomic E-state index is 0.00407. The van der Waals surface area contributed by atoms with Gasteiger partial charge in [0.1, 0.15) is 5.75 Å². The summed E-state index contributed by atoms with van der Waals surface area (Å²) in [4.78, 5) is 14.2. The maximum absolute atomic E-state index is 12.2. The smallest absolute Gasteiger partial charge is 0.167 e. The fourth-order valence-electron chi connectivity index (χ4n) is 2.71. The number of fused-ring (bicyclic) bond motifs is 1. The average Bonchev–Trinajstić information content (AvgIpc) is 2.83. The summed E-state index contributed by atoms with van der Waals surface area (Å²) in [7, 11) is 3.86. The van der Waals surface area contributed by atoms with Gasteiger partial charge < -0.3 is 15.7 Å². The predicted octanol–water partition coefficient (Wildman–Crippen LogP) is 1.47. The van der Waals surface area contributed by atoms with Gasteiger partial charge in [-0.05, 0) is 50.6 Å². The highest BCUT2D eigenvalue weighted by molar-refractivity contribution is 5.99. The van der Waals surface area contributed by atoms with Crippen molar-refractivity contribution in [3.8, 4) is 5.75 Å². The number of hydrogen-bond donors (Lipinski definition) is 2. The van der Waals surface area contributed by atoms with Gasteiger partial charge in [-0.2, -0.15) is 0 Å². The van der Waals surface area contributed by atoms with Gasteiger partial charge in [0.15, 0.2) is 5.78 Å². The van der Waals surface area contributed by atoms with Gasteiger partial charge in [-0.1, -0.05) is 0 Å². The summed E-state index contributed by atoms with van der Waals surface area (Å²) in [6.45, 7) is 0.982. The molecular formula is C15H22N2O2. The molecule has 3 N–H and O–H groups in total. The molecule has 1 aliphatic carbocycles. The van der Waals surface area contributed by atoms with Crippen molar-refractivity contribution in [3.63, 3.8) is 0 Å². The van der Waals surface area contributed by atoms with Crippen LogP contribution < -0.4 is 5.73 Å². The lowest BCUT2D eigenvalue weighted by Gasteiger charge is -2.14. The van der Waals surface area contributed by atoms with Crippen LogP contribution in [0.2, 0.25) is 0 Å². The first kappa shape index (κ1) is 14.0. The van der Waals surface area contributed by atoms with E-state index in [0.717, 1.165) is 30.4 Å². The summed E-state index contributed by atoms with van der Waals surface area (Å²) in [5.41, 5.74) is 9.29. The largest absolute Gasteiger partial charge is 0.507 e. The Kier molecular flexibility index (Phi) is 4.22. The summed E-state index contributed by atoms with van der Waals surface area (Å²) in [6, 6.07) is 1.87. The molecule has 0 aromatic heterocycles. The number of phenolic OH excluding ortho intramolecular Hbond substituents is 1. The van der Waals surface area contributed by atoms with E-state index in [4.69, 9.17) is 5.73 Å². The SMILES string of the molecule is CN(C)CCC(=O)c1cc2c(c(CN)c1O)CCC2. The zero-order valence-electron chi connectivity index (χ0n) is 11.7. The van der Waals surface area contributed by atoms with Gasteiger partial charge in [-0.3, -0.25) is 4.79 Å². The molecule has 1 aromatic rings. The number of aryl methyl sites for hydroxylation is 1. The van der Waals surface area contributed by atoms with Crippen molar-refractivity contribution in [2.75, 3.05) is 20.6 Å². The minimum Gasteiger partial charge on any atom is -0.507 e. The third-order valence-electron chi connectivity index (χ3n) is 3.77. The van der Waals surface area contributed by atoms with Crippen LogP contribution in [0.3, 0.4) is 0 Å². The Morgan fingerprint density at radius 1 is 1.42 bits per heavy atom. The molecular weight excluding hydrogens is 240 g/mol. The van der Waals surface area contributed by atoms with Crippen LogP contribution in [0.15, 0.2) is 6.07 Å². The summed E-state index contributed by atoms with van der Waals surface area (Å²) in [5.74, 6) is 0.0995. The highest BCUT2D eigenvalue weighted by Crippen LogP contribution is 2.34. The molecule has 4 heteroatoms. The Morgan fingerprint density at radius 3 is 2.79 bits per heavy atom. The first-order chi connectivity index (χ1) is 9.04. The summed E-state index contributed by atoms with van der Waals surface area (Å²) in [5, 5.41) is 10.3. The molecule has 104 valence electrons. The molecule has 0 heterocycles. The van der Waals surface area contributed by atoms with Gasteiger partial charge in [0, 0.05) is 25.1 Å². The highest BCUT2D eigenvalue weighted by atomic mass is 16.3. The van der Waals surface area contributed by atoms with E-state index in [1.807, 2.05) is 25.1 Å². The Morgan fingerprint density at radius 2 is 2.16 bits per heavy atom. The van der Waals surface area contributed by atoms with Crippen molar-refractivity contribution < 1.29 is 9.90 Å². The lowest BCUT2D eigenvalue weighted by Crippen LogP contribution is -2.17. The van der Waals surface area contributed by atoms with Gasteiger partial charge in [-0.25, -0.2) is 0 Å². The minimum atomic E-state index is -0.00407. The predicted molar refractivity (Wildman–Crippen MR) is 75.5 cm³/mol. The van der Waals surface area contributed by atoms with E-state index in [0.29, 0.717) is 25.1 Å². The quantitative estimate of drug-likeness (QED) is 0.789. The number of nitrogens with zero attached hydrogens (tertiary/aromatic N) is 1. The van der Waals surface area contributed by atoms with Crippen LogP contribution in [0, 0.1) is 0 Å². The van der Waals surface area contributed by atoms with Gasteiger partial charge in [0.25, 0.3) is 0 Å². The molecule has 0 bridgehead atoms. The number of hydrogen-bond acceptors (Lipinski definition) is 4. The van der Waals surface area contributed by atoms with Crippen molar-refractivity contribution in [2.45, 2.75) is 32.2 Å². The standard InChI is InChI=1S/C15H22N2O2/c1-17(2)7-6-14(18)12-8-10-4-3-5-11(10)13(9-16)15(12)19/h8,19H,3-7,9,16H2,1-2H3. The van der Waals surface area contributed by atoms with E-state index in [1.54, 1.807) is 0 Å². The van der Waals surface area contributed by atoms with Crippen LogP contribution in [0.1, 0.15) is 39.9 Å². The number of carbonyl (C=O) groups is 1. The number of carbonyl (C=O) groups excluding carboxylic acids is 1. The number of rotatable bonds is 5. The Labute approximate surface area is 114 Å². The lowest BCUT2D eigenvalue weighted by atomic mass is 9.95. The van der Waals surface area contributed by atoms with Crippen LogP contribution in [-0.4, -0.2) is 36.4 Å². The first-order valence-electron chi connectivity index (χ1n) is 6.79. The topological polar surface area (TPSA) is 66.6 Å². The number of benzene rings is 1. The second-order valence-corrected chi connectivity index (χ2v) is 5.42. The van der Waals surface area contributed by atoms with Crippen LogP contribution in [0.25, 0.3) is 0 Å². The average molecular weight is 262 g/mol. The fourth-order valence-corrected chi connectivity index (χ4v) is 2.71. The maximum Gasteiger partial charge on any atom is 0.167 e. The van der Waals surface area contributed by atoms with E-state index in [1.165, 1.54) is 5.56 Å². The van der Waals surface area contributed by atoms with Crippen molar-refractivity contribution in [3.05, 3.63) is 28.3 Å². The molecule has 2 rings (SSSR count). The van der Waals surface area contributed by atoms with Crippen molar-refractivity contribution in [1.29, 1.82) is 0 Å². The molecule has 1 aliphatic rings. The number of aromatic hydroxyl groups is 1. The highest BCUT2D eigenvalue weighted by Gasteiger charge is 2.23. The first-order valence-corrected chi connectivity index (χ1v) is 6.79. The number of Topliss-reactive ketones (excluding diaryl/α,β-unsaturated/α-hetero) is 1. The van der Waals surface area contributed by atoms with E-state index >= 15 is 0 Å². The molecule has 0 saturated heterocycles. The fraction of sp³-hybridized carbons (Fsp3) is 0.533. The van der Waals surface area contributed by atoms with Gasteiger partial charge in [0.05, 0.1) is 5.56 Å². The van der Waals surface area contributed by atoms with Crippen LogP contribution in [0.5, 0.6) is 5.75 Å². The summed E-state index contributed by atoms with van der Waals surface area (Å²) < 4.78 is 0. The van der Waals surface area contributed by atoms with Crippen LogP contribution in [-0.2, 0) is 19.4 Å². The van der Waals surface area contributed by atoms with Crippen LogP contribution in [0.4, 0.5) is 0 Å². The second-order valence-electron chi connectivity index (χ2n) is 5.42.